The van der Waals surface area contributed by atoms with Crippen LogP contribution in [0, 0.1) is 11.3 Å². The normalized spacial score (nSPS) is 10.4. The minimum Gasteiger partial charge on any atom is -0.392 e. The van der Waals surface area contributed by atoms with E-state index in [0.717, 1.165) is 6.07 Å². The summed E-state index contributed by atoms with van der Waals surface area (Å²) in [7, 11) is 0. The monoisotopic (exact) mass is 213 g/mol. The summed E-state index contributed by atoms with van der Waals surface area (Å²) in [5.41, 5.74) is 5.13. The van der Waals surface area contributed by atoms with Gasteiger partial charge in [0.1, 0.15) is 5.69 Å². The van der Waals surface area contributed by atoms with Crippen LogP contribution in [0.15, 0.2) is 6.07 Å². The molecule has 0 saturated heterocycles. The number of nitrogens with zero attached hydrogens (tertiary/aromatic N) is 2. The Balaban J connectivity index is 3.37. The van der Waals surface area contributed by atoms with Gasteiger partial charge in [-0.3, -0.25) is 4.98 Å². The second-order valence-corrected chi connectivity index (χ2v) is 2.79. The predicted molar refractivity (Wildman–Crippen MR) is 47.7 cm³/mol. The zero-order valence-corrected chi connectivity index (χ0v) is 7.74. The van der Waals surface area contributed by atoms with Crippen LogP contribution in [0.4, 0.5) is 8.78 Å². The molecule has 0 spiro atoms. The molecule has 6 heteroatoms. The summed E-state index contributed by atoms with van der Waals surface area (Å²) in [6.07, 6.45) is -2.75. The topological polar surface area (TPSA) is 82.9 Å². The van der Waals surface area contributed by atoms with Crippen LogP contribution in [0.3, 0.4) is 0 Å². The first kappa shape index (κ1) is 11.5. The highest BCUT2D eigenvalue weighted by Gasteiger charge is 2.16. The van der Waals surface area contributed by atoms with Crippen LogP contribution in [0.2, 0.25) is 0 Å². The van der Waals surface area contributed by atoms with Gasteiger partial charge in [-0.1, -0.05) is 0 Å². The van der Waals surface area contributed by atoms with E-state index in [1.54, 1.807) is 6.07 Å². The Morgan fingerprint density at radius 2 is 2.27 bits per heavy atom. The molecule has 0 fully saturated rings. The number of halogens is 2. The number of aliphatic hydroxyl groups excluding tert-OH is 1. The molecule has 0 saturated carbocycles. The standard InChI is InChI=1S/C9H9F2N3O/c10-9(11)7-1-5(2-12)6(4-15)8(3-13)14-7/h1,9,15H,3-4,13H2. The summed E-state index contributed by atoms with van der Waals surface area (Å²) in [5.74, 6) is 0. The summed E-state index contributed by atoms with van der Waals surface area (Å²) in [5, 5.41) is 17.7. The van der Waals surface area contributed by atoms with Gasteiger partial charge in [-0.15, -0.1) is 0 Å². The van der Waals surface area contributed by atoms with Crippen molar-refractivity contribution in [1.82, 2.24) is 4.98 Å². The molecule has 4 nitrogen and oxygen atoms in total. The molecule has 0 unspecified atom stereocenters. The Morgan fingerprint density at radius 1 is 1.60 bits per heavy atom. The van der Waals surface area contributed by atoms with Gasteiger partial charge in [-0.2, -0.15) is 5.26 Å². The molecule has 1 heterocycles. The van der Waals surface area contributed by atoms with Crippen LogP contribution in [0.1, 0.15) is 28.9 Å². The molecule has 80 valence electrons. The SMILES string of the molecule is N#Cc1cc(C(F)F)nc(CN)c1CO. The van der Waals surface area contributed by atoms with Crippen molar-refractivity contribution in [1.29, 1.82) is 5.26 Å². The van der Waals surface area contributed by atoms with E-state index < -0.39 is 18.7 Å². The number of nitrogens with two attached hydrogens (primary N) is 1. The van der Waals surface area contributed by atoms with Crippen molar-refractivity contribution in [2.75, 3.05) is 0 Å². The fraction of sp³-hybridized carbons (Fsp3) is 0.333. The summed E-state index contributed by atoms with van der Waals surface area (Å²) < 4.78 is 24.7. The molecule has 0 radical (unpaired) electrons. The number of hydrogen-bond donors (Lipinski definition) is 2. The van der Waals surface area contributed by atoms with Gasteiger partial charge < -0.3 is 10.8 Å². The van der Waals surface area contributed by atoms with Gasteiger partial charge in [0, 0.05) is 12.1 Å². The molecule has 1 rings (SSSR count). The van der Waals surface area contributed by atoms with Gasteiger partial charge in [0.25, 0.3) is 6.43 Å². The number of aromatic nitrogens is 1. The Morgan fingerprint density at radius 3 is 2.67 bits per heavy atom. The van der Waals surface area contributed by atoms with Crippen molar-refractivity contribution in [3.8, 4) is 6.07 Å². The van der Waals surface area contributed by atoms with Crippen LogP contribution >= 0.6 is 0 Å². The van der Waals surface area contributed by atoms with E-state index in [0.29, 0.717) is 0 Å². The first-order valence-corrected chi connectivity index (χ1v) is 4.15. The van der Waals surface area contributed by atoms with E-state index in [1.165, 1.54) is 0 Å². The maximum Gasteiger partial charge on any atom is 0.280 e. The smallest absolute Gasteiger partial charge is 0.280 e. The predicted octanol–water partition coefficient (Wildman–Crippen LogP) is 0.842. The maximum absolute atomic E-state index is 12.4. The second-order valence-electron chi connectivity index (χ2n) is 2.79. The van der Waals surface area contributed by atoms with Gasteiger partial charge in [-0.05, 0) is 6.07 Å². The molecular formula is C9H9F2N3O. The minimum absolute atomic E-state index is 0.0109. The minimum atomic E-state index is -2.75. The van der Waals surface area contributed by atoms with Gasteiger partial charge in [0.15, 0.2) is 0 Å². The summed E-state index contributed by atoms with van der Waals surface area (Å²) in [6, 6.07) is 2.70. The summed E-state index contributed by atoms with van der Waals surface area (Å²) in [6.45, 7) is -0.531. The molecule has 1 aromatic heterocycles. The van der Waals surface area contributed by atoms with Gasteiger partial charge in [0.2, 0.25) is 0 Å². The molecule has 0 aliphatic heterocycles. The second kappa shape index (κ2) is 4.77. The molecule has 3 N–H and O–H groups in total. The van der Waals surface area contributed by atoms with E-state index in [-0.39, 0.29) is 23.4 Å². The van der Waals surface area contributed by atoms with E-state index in [9.17, 15) is 8.78 Å². The van der Waals surface area contributed by atoms with Crippen LogP contribution in [-0.4, -0.2) is 10.1 Å². The fourth-order valence-corrected chi connectivity index (χ4v) is 1.20. The molecule has 0 amide bonds. The quantitative estimate of drug-likeness (QED) is 0.779. The third kappa shape index (κ3) is 2.26. The third-order valence-electron chi connectivity index (χ3n) is 1.93. The zero-order valence-electron chi connectivity index (χ0n) is 7.74. The molecule has 0 bridgehead atoms. The maximum atomic E-state index is 12.4. The lowest BCUT2D eigenvalue weighted by Gasteiger charge is -2.09. The Labute approximate surface area is 85.0 Å². The summed E-state index contributed by atoms with van der Waals surface area (Å²) in [4.78, 5) is 3.58. The van der Waals surface area contributed by atoms with Crippen LogP contribution in [0.5, 0.6) is 0 Å². The van der Waals surface area contributed by atoms with Crippen molar-refractivity contribution in [2.45, 2.75) is 19.6 Å². The first-order chi connectivity index (χ1) is 7.13. The van der Waals surface area contributed by atoms with Crippen molar-refractivity contribution in [2.24, 2.45) is 5.73 Å². The Kier molecular flexibility index (Phi) is 3.66. The van der Waals surface area contributed by atoms with Crippen molar-refractivity contribution >= 4 is 0 Å². The van der Waals surface area contributed by atoms with Gasteiger partial charge in [0.05, 0.1) is 23.9 Å². The molecule has 0 aliphatic carbocycles. The van der Waals surface area contributed by atoms with Crippen molar-refractivity contribution in [3.63, 3.8) is 0 Å². The number of aliphatic hydroxyl groups is 1. The third-order valence-corrected chi connectivity index (χ3v) is 1.93. The fourth-order valence-electron chi connectivity index (χ4n) is 1.20. The molecule has 0 aliphatic rings. The average molecular weight is 213 g/mol. The average Bonchev–Trinajstić information content (AvgIpc) is 2.26. The van der Waals surface area contributed by atoms with Crippen LogP contribution < -0.4 is 5.73 Å². The molecule has 15 heavy (non-hydrogen) atoms. The highest BCUT2D eigenvalue weighted by molar-refractivity contribution is 5.41. The largest absolute Gasteiger partial charge is 0.392 e. The molecule has 1 aromatic rings. The zero-order chi connectivity index (χ0) is 11.4. The van der Waals surface area contributed by atoms with Crippen molar-refractivity contribution in [3.05, 3.63) is 28.6 Å². The van der Waals surface area contributed by atoms with Crippen molar-refractivity contribution < 1.29 is 13.9 Å². The number of pyridine rings is 1. The van der Waals surface area contributed by atoms with E-state index >= 15 is 0 Å². The van der Waals surface area contributed by atoms with Crippen LogP contribution in [0.25, 0.3) is 0 Å². The lowest BCUT2D eigenvalue weighted by atomic mass is 10.1. The number of alkyl halides is 2. The molecular weight excluding hydrogens is 204 g/mol. The Bertz CT molecular complexity index is 401. The lowest BCUT2D eigenvalue weighted by molar-refractivity contribution is 0.145. The number of hydrogen-bond acceptors (Lipinski definition) is 4. The molecule has 0 aromatic carbocycles. The number of rotatable bonds is 3. The highest BCUT2D eigenvalue weighted by atomic mass is 19.3. The van der Waals surface area contributed by atoms with E-state index in [4.69, 9.17) is 16.1 Å². The first-order valence-electron chi connectivity index (χ1n) is 4.15. The van der Waals surface area contributed by atoms with Gasteiger partial charge >= 0.3 is 0 Å². The van der Waals surface area contributed by atoms with Crippen LogP contribution in [-0.2, 0) is 13.2 Å². The van der Waals surface area contributed by atoms with E-state index in [2.05, 4.69) is 4.98 Å². The van der Waals surface area contributed by atoms with Gasteiger partial charge in [-0.25, -0.2) is 8.78 Å². The lowest BCUT2D eigenvalue weighted by Crippen LogP contribution is -2.09. The highest BCUT2D eigenvalue weighted by Crippen LogP contribution is 2.21. The number of nitriles is 1. The summed E-state index contributed by atoms with van der Waals surface area (Å²) >= 11 is 0. The van der Waals surface area contributed by atoms with E-state index in [1.807, 2.05) is 0 Å². The Hall–Kier alpha value is -1.58. The molecule has 0 atom stereocenters.